The first-order valence-electron chi connectivity index (χ1n) is 7.20. The number of carboxylic acid groups (broad SMARTS) is 1. The number of benzene rings is 2. The highest BCUT2D eigenvalue weighted by Crippen LogP contribution is 2.26. The molecule has 0 saturated carbocycles. The van der Waals surface area contributed by atoms with Crippen molar-refractivity contribution in [2.75, 3.05) is 5.73 Å². The zero-order valence-corrected chi connectivity index (χ0v) is 12.7. The number of halogens is 3. The van der Waals surface area contributed by atoms with E-state index in [-0.39, 0.29) is 18.0 Å². The van der Waals surface area contributed by atoms with Crippen LogP contribution in [0.1, 0.15) is 16.1 Å². The standard InChI is InChI=1S/C17H13F3N2O3/c18-17(19,20)25-13-4-1-10(2-5-13)9-22-14-6-3-12(21)7-11(14)8-15(22)16(23)24/h1-8H,9,21H2,(H,23,24). The number of carboxylic acids is 1. The Balaban J connectivity index is 1.94. The Morgan fingerprint density at radius 2 is 1.80 bits per heavy atom. The summed E-state index contributed by atoms with van der Waals surface area (Å²) in [6.45, 7) is 0.182. The van der Waals surface area contributed by atoms with E-state index in [4.69, 9.17) is 5.73 Å². The lowest BCUT2D eigenvalue weighted by Crippen LogP contribution is -2.17. The normalized spacial score (nSPS) is 11.6. The topological polar surface area (TPSA) is 77.5 Å². The quantitative estimate of drug-likeness (QED) is 0.700. The van der Waals surface area contributed by atoms with Gasteiger partial charge in [-0.15, -0.1) is 13.2 Å². The van der Waals surface area contributed by atoms with Crippen molar-refractivity contribution in [1.29, 1.82) is 0 Å². The fourth-order valence-electron chi connectivity index (χ4n) is 2.62. The fraction of sp³-hybridized carbons (Fsp3) is 0.118. The summed E-state index contributed by atoms with van der Waals surface area (Å²) >= 11 is 0. The first kappa shape index (κ1) is 16.7. The summed E-state index contributed by atoms with van der Waals surface area (Å²) in [7, 11) is 0. The Hall–Kier alpha value is -3.16. The van der Waals surface area contributed by atoms with Gasteiger partial charge in [0.15, 0.2) is 0 Å². The van der Waals surface area contributed by atoms with Crippen molar-refractivity contribution < 1.29 is 27.8 Å². The lowest BCUT2D eigenvalue weighted by atomic mass is 10.2. The second-order valence-corrected chi connectivity index (χ2v) is 5.43. The van der Waals surface area contributed by atoms with E-state index in [0.717, 1.165) is 0 Å². The predicted octanol–water partition coefficient (Wildman–Crippen LogP) is 3.87. The van der Waals surface area contributed by atoms with Crippen molar-refractivity contribution >= 4 is 22.6 Å². The highest BCUT2D eigenvalue weighted by atomic mass is 19.4. The SMILES string of the molecule is Nc1ccc2c(c1)cc(C(=O)O)n2Cc1ccc(OC(F)(F)F)cc1. The average molecular weight is 350 g/mol. The van der Waals surface area contributed by atoms with Crippen LogP contribution in [0.3, 0.4) is 0 Å². The Morgan fingerprint density at radius 3 is 2.40 bits per heavy atom. The van der Waals surface area contributed by atoms with Crippen molar-refractivity contribution in [2.45, 2.75) is 12.9 Å². The molecule has 0 amide bonds. The molecule has 0 atom stereocenters. The average Bonchev–Trinajstić information content (AvgIpc) is 2.86. The zero-order chi connectivity index (χ0) is 18.2. The summed E-state index contributed by atoms with van der Waals surface area (Å²) in [6, 6.07) is 11.8. The van der Waals surface area contributed by atoms with Crippen LogP contribution in [0, 0.1) is 0 Å². The molecule has 0 saturated heterocycles. The van der Waals surface area contributed by atoms with Gasteiger partial charge in [-0.3, -0.25) is 0 Å². The third-order valence-corrected chi connectivity index (χ3v) is 3.64. The van der Waals surface area contributed by atoms with Crippen molar-refractivity contribution in [3.63, 3.8) is 0 Å². The summed E-state index contributed by atoms with van der Waals surface area (Å²) in [5.74, 6) is -1.44. The molecule has 3 rings (SSSR count). The highest BCUT2D eigenvalue weighted by Gasteiger charge is 2.30. The molecule has 3 N–H and O–H groups in total. The number of aromatic carboxylic acids is 1. The van der Waals surface area contributed by atoms with Crippen LogP contribution in [0.5, 0.6) is 5.75 Å². The van der Waals surface area contributed by atoms with Gasteiger partial charge in [-0.2, -0.15) is 0 Å². The lowest BCUT2D eigenvalue weighted by Gasteiger charge is -2.11. The molecule has 1 heterocycles. The van der Waals surface area contributed by atoms with E-state index in [1.165, 1.54) is 30.3 Å². The van der Waals surface area contributed by atoms with E-state index < -0.39 is 12.3 Å². The van der Waals surface area contributed by atoms with Gasteiger partial charge in [-0.1, -0.05) is 12.1 Å². The van der Waals surface area contributed by atoms with E-state index in [0.29, 0.717) is 22.2 Å². The van der Waals surface area contributed by atoms with Crippen LogP contribution in [-0.2, 0) is 6.54 Å². The number of nitrogens with two attached hydrogens (primary N) is 1. The molecule has 0 aliphatic rings. The summed E-state index contributed by atoms with van der Waals surface area (Å²) in [4.78, 5) is 11.5. The van der Waals surface area contributed by atoms with Crippen LogP contribution >= 0.6 is 0 Å². The number of hydrogen-bond donors (Lipinski definition) is 2. The van der Waals surface area contributed by atoms with E-state index in [1.807, 2.05) is 0 Å². The van der Waals surface area contributed by atoms with Gasteiger partial charge >= 0.3 is 12.3 Å². The van der Waals surface area contributed by atoms with E-state index >= 15 is 0 Å². The van der Waals surface area contributed by atoms with Gasteiger partial charge in [0.25, 0.3) is 0 Å². The summed E-state index contributed by atoms with van der Waals surface area (Å²) in [6.07, 6.45) is -4.76. The molecule has 0 radical (unpaired) electrons. The molecule has 0 aliphatic heterocycles. The number of fused-ring (bicyclic) bond motifs is 1. The molecular formula is C17H13F3N2O3. The minimum absolute atomic E-state index is 0.0659. The maximum absolute atomic E-state index is 12.2. The Labute approximate surface area is 140 Å². The highest BCUT2D eigenvalue weighted by molar-refractivity contribution is 5.95. The first-order valence-corrected chi connectivity index (χ1v) is 7.20. The van der Waals surface area contributed by atoms with Crippen LogP contribution < -0.4 is 10.5 Å². The Kier molecular flexibility index (Phi) is 4.03. The van der Waals surface area contributed by atoms with Gasteiger partial charge in [-0.25, -0.2) is 4.79 Å². The molecule has 0 fully saturated rings. The molecule has 0 spiro atoms. The third kappa shape index (κ3) is 3.68. The first-order chi connectivity index (χ1) is 11.7. The van der Waals surface area contributed by atoms with Crippen LogP contribution in [0.25, 0.3) is 10.9 Å². The maximum atomic E-state index is 12.2. The molecule has 130 valence electrons. The summed E-state index contributed by atoms with van der Waals surface area (Å²) in [5.41, 5.74) is 7.59. The second-order valence-electron chi connectivity index (χ2n) is 5.43. The number of nitrogen functional groups attached to an aromatic ring is 1. The van der Waals surface area contributed by atoms with Gasteiger partial charge in [0.05, 0.1) is 0 Å². The van der Waals surface area contributed by atoms with Crippen LogP contribution in [0.2, 0.25) is 0 Å². The molecule has 0 aliphatic carbocycles. The molecule has 8 heteroatoms. The minimum atomic E-state index is -4.76. The smallest absolute Gasteiger partial charge is 0.477 e. The van der Waals surface area contributed by atoms with Crippen molar-refractivity contribution in [1.82, 2.24) is 4.57 Å². The molecule has 0 unspecified atom stereocenters. The van der Waals surface area contributed by atoms with Gasteiger partial charge in [0, 0.05) is 23.1 Å². The van der Waals surface area contributed by atoms with Crippen LogP contribution in [0.15, 0.2) is 48.5 Å². The summed E-state index contributed by atoms with van der Waals surface area (Å²) < 4.78 is 42.0. The molecule has 5 nitrogen and oxygen atoms in total. The van der Waals surface area contributed by atoms with E-state index in [1.54, 1.807) is 22.8 Å². The molecule has 0 bridgehead atoms. The summed E-state index contributed by atoms with van der Waals surface area (Å²) in [5, 5.41) is 10.1. The largest absolute Gasteiger partial charge is 0.573 e. The molecule has 25 heavy (non-hydrogen) atoms. The van der Waals surface area contributed by atoms with Gasteiger partial charge in [0.2, 0.25) is 0 Å². The molecular weight excluding hydrogens is 337 g/mol. The number of anilines is 1. The van der Waals surface area contributed by atoms with E-state index in [9.17, 15) is 23.1 Å². The monoisotopic (exact) mass is 350 g/mol. The van der Waals surface area contributed by atoms with Crippen LogP contribution in [0.4, 0.5) is 18.9 Å². The number of ether oxygens (including phenoxy) is 1. The number of aromatic nitrogens is 1. The number of nitrogens with zero attached hydrogens (tertiary/aromatic N) is 1. The van der Waals surface area contributed by atoms with Crippen molar-refractivity contribution in [3.8, 4) is 5.75 Å². The number of alkyl halides is 3. The molecule has 3 aromatic rings. The van der Waals surface area contributed by atoms with Gasteiger partial charge < -0.3 is 20.1 Å². The molecule has 2 aromatic carbocycles. The fourth-order valence-corrected chi connectivity index (χ4v) is 2.62. The van der Waals surface area contributed by atoms with Crippen LogP contribution in [-0.4, -0.2) is 22.0 Å². The van der Waals surface area contributed by atoms with Crippen molar-refractivity contribution in [3.05, 3.63) is 59.8 Å². The van der Waals surface area contributed by atoms with E-state index in [2.05, 4.69) is 4.74 Å². The maximum Gasteiger partial charge on any atom is 0.573 e. The lowest BCUT2D eigenvalue weighted by molar-refractivity contribution is -0.274. The second kappa shape index (κ2) is 6.04. The molecule has 1 aromatic heterocycles. The predicted molar refractivity (Wildman–Crippen MR) is 85.5 cm³/mol. The number of rotatable bonds is 4. The Morgan fingerprint density at radius 1 is 1.12 bits per heavy atom. The minimum Gasteiger partial charge on any atom is -0.477 e. The van der Waals surface area contributed by atoms with Crippen molar-refractivity contribution in [2.24, 2.45) is 0 Å². The third-order valence-electron chi connectivity index (χ3n) is 3.64. The van der Waals surface area contributed by atoms with Gasteiger partial charge in [-0.05, 0) is 42.0 Å². The number of hydrogen-bond acceptors (Lipinski definition) is 3. The van der Waals surface area contributed by atoms with Gasteiger partial charge in [0.1, 0.15) is 11.4 Å². The Bertz CT molecular complexity index is 931. The zero-order valence-electron chi connectivity index (χ0n) is 12.7. The number of carbonyl (C=O) groups is 1.